The molecule has 0 atom stereocenters. The third-order valence-corrected chi connectivity index (χ3v) is 2.39. The Bertz CT molecular complexity index is 637. The zero-order chi connectivity index (χ0) is 12.6. The number of hydrogen-bond acceptors (Lipinski definition) is 3. The molecule has 0 spiro atoms. The Balaban J connectivity index is 2.95. The Kier molecular flexibility index (Phi) is 2.59. The lowest BCUT2D eigenvalue weighted by Gasteiger charge is -2.06. The van der Waals surface area contributed by atoms with E-state index in [2.05, 4.69) is 4.98 Å². The van der Waals surface area contributed by atoms with Gasteiger partial charge in [0.25, 0.3) is 0 Å². The molecule has 1 N–H and O–H groups in total. The molecule has 0 radical (unpaired) electrons. The van der Waals surface area contributed by atoms with E-state index in [1.54, 1.807) is 12.1 Å². The van der Waals surface area contributed by atoms with E-state index in [0.29, 0.717) is 5.39 Å². The fraction of sp³-hybridized carbons (Fsp3) is 0.0833. The molecular formula is C12H8FNO3. The third-order valence-electron chi connectivity index (χ3n) is 2.39. The van der Waals surface area contributed by atoms with Crippen molar-refractivity contribution in [3.63, 3.8) is 0 Å². The van der Waals surface area contributed by atoms with Gasteiger partial charge in [0.05, 0.1) is 11.1 Å². The summed E-state index contributed by atoms with van der Waals surface area (Å²) in [5.41, 5.74) is -0.668. The molecule has 0 aliphatic heterocycles. The van der Waals surface area contributed by atoms with Gasteiger partial charge in [-0.25, -0.2) is 14.2 Å². The molecule has 5 heteroatoms. The van der Waals surface area contributed by atoms with E-state index in [0.717, 1.165) is 0 Å². The van der Waals surface area contributed by atoms with E-state index in [1.807, 2.05) is 0 Å². The van der Waals surface area contributed by atoms with E-state index < -0.39 is 23.3 Å². The van der Waals surface area contributed by atoms with Crippen molar-refractivity contribution >= 4 is 22.7 Å². The number of rotatable bonds is 2. The van der Waals surface area contributed by atoms with Crippen molar-refractivity contribution in [1.29, 1.82) is 0 Å². The summed E-state index contributed by atoms with van der Waals surface area (Å²) in [6.45, 7) is 1.19. The van der Waals surface area contributed by atoms with Gasteiger partial charge >= 0.3 is 5.97 Å². The highest BCUT2D eigenvalue weighted by Crippen LogP contribution is 2.22. The minimum absolute atomic E-state index is 0.229. The highest BCUT2D eigenvalue weighted by molar-refractivity contribution is 6.08. The second-order valence-corrected chi connectivity index (χ2v) is 3.53. The van der Waals surface area contributed by atoms with Crippen LogP contribution in [0.25, 0.3) is 10.9 Å². The minimum Gasteiger partial charge on any atom is -0.476 e. The maximum Gasteiger partial charge on any atom is 0.357 e. The number of fused-ring (bicyclic) bond motifs is 1. The van der Waals surface area contributed by atoms with Crippen LogP contribution >= 0.6 is 0 Å². The fourth-order valence-electron chi connectivity index (χ4n) is 1.67. The quantitative estimate of drug-likeness (QED) is 0.808. The lowest BCUT2D eigenvalue weighted by atomic mass is 10.0. The van der Waals surface area contributed by atoms with E-state index in [-0.39, 0.29) is 11.1 Å². The van der Waals surface area contributed by atoms with Gasteiger partial charge in [-0.2, -0.15) is 0 Å². The summed E-state index contributed by atoms with van der Waals surface area (Å²) >= 11 is 0. The first-order valence-electron chi connectivity index (χ1n) is 4.85. The molecule has 0 aliphatic rings. The van der Waals surface area contributed by atoms with Crippen molar-refractivity contribution in [3.8, 4) is 0 Å². The van der Waals surface area contributed by atoms with Crippen LogP contribution in [-0.4, -0.2) is 21.8 Å². The Morgan fingerprint density at radius 2 is 1.94 bits per heavy atom. The molecule has 0 saturated heterocycles. The Morgan fingerprint density at radius 1 is 1.29 bits per heavy atom. The van der Waals surface area contributed by atoms with Gasteiger partial charge in [-0.1, -0.05) is 18.2 Å². The number of carboxylic acids is 1. The first kappa shape index (κ1) is 11.2. The van der Waals surface area contributed by atoms with Crippen LogP contribution in [0.1, 0.15) is 27.8 Å². The first-order chi connectivity index (χ1) is 8.02. The number of ketones is 1. The van der Waals surface area contributed by atoms with Crippen LogP contribution < -0.4 is 0 Å². The summed E-state index contributed by atoms with van der Waals surface area (Å²) in [6.07, 6.45) is 0. The van der Waals surface area contributed by atoms with Crippen LogP contribution in [0, 0.1) is 5.82 Å². The molecule has 2 aromatic rings. The normalized spacial score (nSPS) is 10.5. The minimum atomic E-state index is -1.49. The number of carbonyl (C=O) groups excluding carboxylic acids is 1. The monoisotopic (exact) mass is 233 g/mol. The largest absolute Gasteiger partial charge is 0.476 e. The molecule has 2 rings (SSSR count). The maximum atomic E-state index is 13.8. The van der Waals surface area contributed by atoms with Crippen molar-refractivity contribution in [2.24, 2.45) is 0 Å². The van der Waals surface area contributed by atoms with Crippen LogP contribution in [0.2, 0.25) is 0 Å². The highest BCUT2D eigenvalue weighted by Gasteiger charge is 2.21. The number of benzene rings is 1. The van der Waals surface area contributed by atoms with Gasteiger partial charge in [0, 0.05) is 5.39 Å². The second kappa shape index (κ2) is 3.93. The average Bonchev–Trinajstić information content (AvgIpc) is 2.27. The smallest absolute Gasteiger partial charge is 0.357 e. The summed E-state index contributed by atoms with van der Waals surface area (Å²) in [6, 6.07) is 6.35. The van der Waals surface area contributed by atoms with Gasteiger partial charge in [-0.15, -0.1) is 0 Å². The molecule has 0 unspecified atom stereocenters. The number of aromatic nitrogens is 1. The first-order valence-corrected chi connectivity index (χ1v) is 4.85. The van der Waals surface area contributed by atoms with Crippen molar-refractivity contribution < 1.29 is 19.1 Å². The molecule has 1 aromatic heterocycles. The summed E-state index contributed by atoms with van der Waals surface area (Å²) in [5.74, 6) is -3.09. The summed E-state index contributed by atoms with van der Waals surface area (Å²) < 4.78 is 13.8. The van der Waals surface area contributed by atoms with Gasteiger partial charge in [-0.3, -0.25) is 4.79 Å². The van der Waals surface area contributed by atoms with Crippen LogP contribution in [0.15, 0.2) is 24.3 Å². The van der Waals surface area contributed by atoms with Gasteiger partial charge in [-0.05, 0) is 13.0 Å². The molecule has 0 amide bonds. The third kappa shape index (κ3) is 1.75. The summed E-state index contributed by atoms with van der Waals surface area (Å²) in [4.78, 5) is 25.9. The number of aromatic carboxylic acids is 1. The Labute approximate surface area is 95.7 Å². The van der Waals surface area contributed by atoms with E-state index >= 15 is 0 Å². The second-order valence-electron chi connectivity index (χ2n) is 3.53. The predicted molar refractivity (Wildman–Crippen MR) is 58.7 cm³/mol. The topological polar surface area (TPSA) is 67.3 Å². The molecule has 86 valence electrons. The Morgan fingerprint density at radius 3 is 2.53 bits per heavy atom. The van der Waals surface area contributed by atoms with Crippen molar-refractivity contribution in [2.75, 3.05) is 0 Å². The maximum absolute atomic E-state index is 13.8. The molecular weight excluding hydrogens is 225 g/mol. The molecule has 1 aromatic carbocycles. The van der Waals surface area contributed by atoms with E-state index in [4.69, 9.17) is 5.11 Å². The number of hydrogen-bond donors (Lipinski definition) is 1. The van der Waals surface area contributed by atoms with Crippen LogP contribution in [0.5, 0.6) is 0 Å². The van der Waals surface area contributed by atoms with Crippen LogP contribution in [0.3, 0.4) is 0 Å². The number of para-hydroxylation sites is 1. The zero-order valence-corrected chi connectivity index (χ0v) is 8.90. The molecule has 0 aliphatic carbocycles. The molecule has 4 nitrogen and oxygen atoms in total. The number of carboxylic acid groups (broad SMARTS) is 1. The summed E-state index contributed by atoms with van der Waals surface area (Å²) in [7, 11) is 0. The number of nitrogens with zero attached hydrogens (tertiary/aromatic N) is 1. The molecule has 0 fully saturated rings. The lowest BCUT2D eigenvalue weighted by molar-refractivity contribution is 0.0685. The number of pyridine rings is 1. The van der Waals surface area contributed by atoms with Crippen LogP contribution in [0.4, 0.5) is 4.39 Å². The van der Waals surface area contributed by atoms with Gasteiger partial charge in [0.15, 0.2) is 17.3 Å². The van der Waals surface area contributed by atoms with Crippen molar-refractivity contribution in [2.45, 2.75) is 6.92 Å². The van der Waals surface area contributed by atoms with E-state index in [9.17, 15) is 14.0 Å². The number of halogens is 1. The van der Waals surface area contributed by atoms with Crippen molar-refractivity contribution in [1.82, 2.24) is 4.98 Å². The van der Waals surface area contributed by atoms with Crippen LogP contribution in [-0.2, 0) is 0 Å². The summed E-state index contributed by atoms with van der Waals surface area (Å²) in [5, 5.41) is 9.14. The standard InChI is InChI=1S/C12H8FNO3/c1-6(15)9-7-4-2-3-5-8(7)14-11(10(9)13)12(16)17/h2-5H,1H3,(H,16,17). The van der Waals surface area contributed by atoms with Crippen molar-refractivity contribution in [3.05, 3.63) is 41.3 Å². The SMILES string of the molecule is CC(=O)c1c(F)c(C(=O)O)nc2ccccc12. The predicted octanol–water partition coefficient (Wildman–Crippen LogP) is 2.27. The molecule has 17 heavy (non-hydrogen) atoms. The van der Waals surface area contributed by atoms with E-state index in [1.165, 1.54) is 19.1 Å². The fourth-order valence-corrected chi connectivity index (χ4v) is 1.67. The lowest BCUT2D eigenvalue weighted by Crippen LogP contribution is -2.10. The zero-order valence-electron chi connectivity index (χ0n) is 8.90. The average molecular weight is 233 g/mol. The Hall–Kier alpha value is -2.30. The molecule has 0 saturated carbocycles. The van der Waals surface area contributed by atoms with Gasteiger partial charge in [0.1, 0.15) is 0 Å². The number of Topliss-reactive ketones (excluding diaryl/α,β-unsaturated/α-hetero) is 1. The molecule has 1 heterocycles. The van der Waals surface area contributed by atoms with Gasteiger partial charge in [0.2, 0.25) is 0 Å². The molecule has 0 bridgehead atoms. The highest BCUT2D eigenvalue weighted by atomic mass is 19.1. The van der Waals surface area contributed by atoms with Gasteiger partial charge < -0.3 is 5.11 Å². The number of carbonyl (C=O) groups is 2.